The molecular weight excluding hydrogens is 220 g/mol. The number of hydrogen-bond acceptors (Lipinski definition) is 2. The molecule has 0 heterocycles. The lowest BCUT2D eigenvalue weighted by molar-refractivity contribution is 1.13. The van der Waals surface area contributed by atoms with Gasteiger partial charge in [0, 0.05) is 25.5 Å². The van der Waals surface area contributed by atoms with Gasteiger partial charge in [-0.2, -0.15) is 0 Å². The Hall–Kier alpha value is -2.22. The van der Waals surface area contributed by atoms with Crippen molar-refractivity contribution in [3.05, 3.63) is 65.7 Å². The second-order valence-electron chi connectivity index (χ2n) is 4.45. The van der Waals surface area contributed by atoms with E-state index in [4.69, 9.17) is 5.73 Å². The van der Waals surface area contributed by atoms with Crippen LogP contribution in [0.25, 0.3) is 11.8 Å². The number of nitrogens with zero attached hydrogens (tertiary/aromatic N) is 1. The lowest BCUT2D eigenvalue weighted by Gasteiger charge is -2.12. The van der Waals surface area contributed by atoms with Crippen LogP contribution in [-0.4, -0.2) is 14.1 Å². The van der Waals surface area contributed by atoms with E-state index in [1.54, 1.807) is 0 Å². The second-order valence-corrected chi connectivity index (χ2v) is 4.45. The molecule has 0 saturated carbocycles. The fraction of sp³-hybridized carbons (Fsp3) is 0.125. The Labute approximate surface area is 108 Å². The molecule has 0 aliphatic carbocycles. The summed E-state index contributed by atoms with van der Waals surface area (Å²) in [6.07, 6.45) is 1.99. The summed E-state index contributed by atoms with van der Waals surface area (Å²) in [5.41, 5.74) is 10.2. The lowest BCUT2D eigenvalue weighted by atomic mass is 10.1. The highest BCUT2D eigenvalue weighted by molar-refractivity contribution is 5.79. The highest BCUT2D eigenvalue weighted by Gasteiger charge is 1.99. The average Bonchev–Trinajstić information content (AvgIpc) is 2.40. The molecule has 0 fully saturated rings. The minimum Gasteiger partial charge on any atom is -0.398 e. The van der Waals surface area contributed by atoms with Crippen molar-refractivity contribution in [2.75, 3.05) is 19.0 Å². The average molecular weight is 238 g/mol. The molecule has 2 rings (SSSR count). The van der Waals surface area contributed by atoms with Crippen molar-refractivity contribution >= 4 is 17.5 Å². The zero-order valence-corrected chi connectivity index (χ0v) is 10.8. The Morgan fingerprint density at radius 1 is 0.944 bits per heavy atom. The third-order valence-electron chi connectivity index (χ3n) is 2.84. The fourth-order valence-electron chi connectivity index (χ4n) is 1.76. The van der Waals surface area contributed by atoms with Crippen LogP contribution >= 0.6 is 0 Å². The number of benzene rings is 2. The maximum atomic E-state index is 6.10. The molecule has 92 valence electrons. The molecule has 0 bridgehead atoms. The molecule has 0 aromatic heterocycles. The standard InChI is InChI=1S/C16H18N2/c1-18(2)15-10-8-14(9-11-15)16(17)12-13-6-4-3-5-7-13/h3-12H,17H2,1-2H3. The van der Waals surface area contributed by atoms with Crippen LogP contribution in [0.15, 0.2) is 54.6 Å². The Morgan fingerprint density at radius 3 is 2.11 bits per heavy atom. The van der Waals surface area contributed by atoms with Crippen molar-refractivity contribution in [1.29, 1.82) is 0 Å². The summed E-state index contributed by atoms with van der Waals surface area (Å²) < 4.78 is 0. The first-order valence-electron chi connectivity index (χ1n) is 5.97. The molecule has 0 aliphatic rings. The van der Waals surface area contributed by atoms with Gasteiger partial charge in [0.05, 0.1) is 0 Å². The molecular formula is C16H18N2. The maximum Gasteiger partial charge on any atom is 0.0393 e. The molecule has 0 spiro atoms. The zero-order valence-electron chi connectivity index (χ0n) is 10.8. The van der Waals surface area contributed by atoms with Gasteiger partial charge in [0.25, 0.3) is 0 Å². The number of nitrogens with two attached hydrogens (primary N) is 1. The SMILES string of the molecule is CN(C)c1ccc(C(N)=Cc2ccccc2)cc1. The molecule has 2 aromatic rings. The number of hydrogen-bond donors (Lipinski definition) is 1. The van der Waals surface area contributed by atoms with Gasteiger partial charge in [-0.1, -0.05) is 42.5 Å². The van der Waals surface area contributed by atoms with Crippen molar-refractivity contribution in [3.8, 4) is 0 Å². The molecule has 2 nitrogen and oxygen atoms in total. The Kier molecular flexibility index (Phi) is 3.68. The minimum atomic E-state index is 0.784. The van der Waals surface area contributed by atoms with E-state index in [0.717, 1.165) is 16.8 Å². The smallest absolute Gasteiger partial charge is 0.0393 e. The first-order valence-corrected chi connectivity index (χ1v) is 5.97. The van der Waals surface area contributed by atoms with Crippen LogP contribution in [0, 0.1) is 0 Å². The van der Waals surface area contributed by atoms with Crippen molar-refractivity contribution in [2.45, 2.75) is 0 Å². The molecule has 0 radical (unpaired) electrons. The van der Waals surface area contributed by atoms with Gasteiger partial charge < -0.3 is 10.6 Å². The third kappa shape index (κ3) is 2.92. The summed E-state index contributed by atoms with van der Waals surface area (Å²) in [5.74, 6) is 0. The van der Waals surface area contributed by atoms with Crippen LogP contribution in [0.1, 0.15) is 11.1 Å². The van der Waals surface area contributed by atoms with Crippen molar-refractivity contribution in [2.24, 2.45) is 5.73 Å². The Balaban J connectivity index is 2.24. The summed E-state index contributed by atoms with van der Waals surface area (Å²) in [6, 6.07) is 18.3. The molecule has 18 heavy (non-hydrogen) atoms. The summed E-state index contributed by atoms with van der Waals surface area (Å²) >= 11 is 0. The van der Waals surface area contributed by atoms with E-state index in [0.29, 0.717) is 0 Å². The van der Waals surface area contributed by atoms with Crippen molar-refractivity contribution in [1.82, 2.24) is 0 Å². The second kappa shape index (κ2) is 5.41. The fourth-order valence-corrected chi connectivity index (χ4v) is 1.76. The van der Waals surface area contributed by atoms with Crippen LogP contribution < -0.4 is 10.6 Å². The van der Waals surface area contributed by atoms with Gasteiger partial charge in [0.15, 0.2) is 0 Å². The first kappa shape index (κ1) is 12.2. The van der Waals surface area contributed by atoms with Gasteiger partial charge >= 0.3 is 0 Å². The summed E-state index contributed by atoms with van der Waals surface area (Å²) in [7, 11) is 4.05. The van der Waals surface area contributed by atoms with Crippen LogP contribution in [0.5, 0.6) is 0 Å². The van der Waals surface area contributed by atoms with E-state index in [9.17, 15) is 0 Å². The lowest BCUT2D eigenvalue weighted by Crippen LogP contribution is -2.08. The molecule has 2 N–H and O–H groups in total. The summed E-state index contributed by atoms with van der Waals surface area (Å²) in [5, 5.41) is 0. The largest absolute Gasteiger partial charge is 0.398 e. The molecule has 2 aromatic carbocycles. The van der Waals surface area contributed by atoms with E-state index < -0.39 is 0 Å². The normalized spacial score (nSPS) is 11.3. The monoisotopic (exact) mass is 238 g/mol. The molecule has 0 unspecified atom stereocenters. The highest BCUT2D eigenvalue weighted by atomic mass is 15.1. The van der Waals surface area contributed by atoms with Gasteiger partial charge in [-0.15, -0.1) is 0 Å². The predicted octanol–water partition coefficient (Wildman–Crippen LogP) is 3.21. The van der Waals surface area contributed by atoms with E-state index in [2.05, 4.69) is 17.0 Å². The summed E-state index contributed by atoms with van der Waals surface area (Å²) in [4.78, 5) is 2.07. The molecule has 0 amide bonds. The predicted molar refractivity (Wildman–Crippen MR) is 79.3 cm³/mol. The quantitative estimate of drug-likeness (QED) is 0.832. The van der Waals surface area contributed by atoms with Crippen LogP contribution in [-0.2, 0) is 0 Å². The van der Waals surface area contributed by atoms with E-state index in [1.165, 1.54) is 5.69 Å². The first-order chi connectivity index (χ1) is 8.66. The van der Waals surface area contributed by atoms with Gasteiger partial charge in [-0.25, -0.2) is 0 Å². The van der Waals surface area contributed by atoms with Crippen molar-refractivity contribution in [3.63, 3.8) is 0 Å². The van der Waals surface area contributed by atoms with Crippen LogP contribution in [0.2, 0.25) is 0 Å². The van der Waals surface area contributed by atoms with E-state index in [-0.39, 0.29) is 0 Å². The number of rotatable bonds is 3. The molecule has 0 aliphatic heterocycles. The molecule has 2 heteroatoms. The van der Waals surface area contributed by atoms with Gasteiger partial charge in [0.1, 0.15) is 0 Å². The van der Waals surface area contributed by atoms with E-state index >= 15 is 0 Å². The topological polar surface area (TPSA) is 29.3 Å². The Morgan fingerprint density at radius 2 is 1.56 bits per heavy atom. The minimum absolute atomic E-state index is 0.784. The maximum absolute atomic E-state index is 6.10. The van der Waals surface area contributed by atoms with Gasteiger partial charge in [-0.3, -0.25) is 0 Å². The summed E-state index contributed by atoms with van der Waals surface area (Å²) in [6.45, 7) is 0. The zero-order chi connectivity index (χ0) is 13.0. The van der Waals surface area contributed by atoms with E-state index in [1.807, 2.05) is 62.6 Å². The van der Waals surface area contributed by atoms with Crippen LogP contribution in [0.3, 0.4) is 0 Å². The van der Waals surface area contributed by atoms with Crippen LogP contribution in [0.4, 0.5) is 5.69 Å². The Bertz CT molecular complexity index is 525. The van der Waals surface area contributed by atoms with Crippen molar-refractivity contribution < 1.29 is 0 Å². The third-order valence-corrected chi connectivity index (χ3v) is 2.84. The molecule has 0 atom stereocenters. The van der Waals surface area contributed by atoms with Gasteiger partial charge in [0.2, 0.25) is 0 Å². The molecule has 0 saturated heterocycles. The van der Waals surface area contributed by atoms with Gasteiger partial charge in [-0.05, 0) is 29.3 Å². The highest BCUT2D eigenvalue weighted by Crippen LogP contribution is 2.17. The number of anilines is 1.